The van der Waals surface area contributed by atoms with Gasteiger partial charge in [-0.15, -0.1) is 0 Å². The van der Waals surface area contributed by atoms with Crippen LogP contribution in [-0.4, -0.2) is 41.6 Å². The number of nitrogens with one attached hydrogen (secondary N) is 1. The highest BCUT2D eigenvalue weighted by Gasteiger charge is 2.36. The second-order valence-corrected chi connectivity index (χ2v) is 5.70. The lowest BCUT2D eigenvalue weighted by atomic mass is 9.97. The normalized spacial score (nSPS) is 15.8. The molecule has 0 saturated carbocycles. The number of nitrogens with zero attached hydrogens (tertiary/aromatic N) is 2. The summed E-state index contributed by atoms with van der Waals surface area (Å²) in [6.07, 6.45) is 3.23. The third-order valence-electron chi connectivity index (χ3n) is 4.11. The molecule has 2 aromatic rings. The van der Waals surface area contributed by atoms with Crippen molar-refractivity contribution in [2.45, 2.75) is 0 Å². The van der Waals surface area contributed by atoms with E-state index < -0.39 is 0 Å². The largest absolute Gasteiger partial charge is 0.454 e. The summed E-state index contributed by atoms with van der Waals surface area (Å²) in [6, 6.07) is 8.57. The number of fused-ring (bicyclic) bond motifs is 1. The zero-order valence-electron chi connectivity index (χ0n) is 12.8. The van der Waals surface area contributed by atoms with Gasteiger partial charge in [0.25, 0.3) is 5.91 Å². The van der Waals surface area contributed by atoms with Crippen LogP contribution in [0, 0.1) is 5.92 Å². The molecule has 0 atom stereocenters. The van der Waals surface area contributed by atoms with Crippen LogP contribution in [0.4, 0.5) is 5.69 Å². The van der Waals surface area contributed by atoms with Crippen LogP contribution in [0.1, 0.15) is 10.4 Å². The Morgan fingerprint density at radius 2 is 1.83 bits per heavy atom. The number of ether oxygens (including phenoxy) is 2. The molecule has 1 aromatic heterocycles. The molecule has 7 nitrogen and oxygen atoms in total. The van der Waals surface area contributed by atoms with Gasteiger partial charge in [0, 0.05) is 36.7 Å². The predicted octanol–water partition coefficient (Wildman–Crippen LogP) is 1.52. The number of anilines is 1. The zero-order chi connectivity index (χ0) is 16.5. The van der Waals surface area contributed by atoms with Crippen LogP contribution < -0.4 is 14.8 Å². The summed E-state index contributed by atoms with van der Waals surface area (Å²) in [5.41, 5.74) is 1.24. The van der Waals surface area contributed by atoms with E-state index in [0.29, 0.717) is 35.8 Å². The second-order valence-electron chi connectivity index (χ2n) is 5.70. The van der Waals surface area contributed by atoms with Crippen LogP contribution in [0.2, 0.25) is 0 Å². The Bertz CT molecular complexity index is 788. The van der Waals surface area contributed by atoms with Gasteiger partial charge >= 0.3 is 0 Å². The third kappa shape index (κ3) is 2.64. The van der Waals surface area contributed by atoms with Gasteiger partial charge in [0.05, 0.1) is 5.92 Å². The molecule has 1 N–H and O–H groups in total. The zero-order valence-corrected chi connectivity index (χ0v) is 12.8. The van der Waals surface area contributed by atoms with Gasteiger partial charge in [0.15, 0.2) is 11.5 Å². The fraction of sp³-hybridized carbons (Fsp3) is 0.235. The first kappa shape index (κ1) is 14.5. The van der Waals surface area contributed by atoms with E-state index in [9.17, 15) is 9.59 Å². The van der Waals surface area contributed by atoms with Crippen LogP contribution in [0.3, 0.4) is 0 Å². The Labute approximate surface area is 138 Å². The van der Waals surface area contributed by atoms with E-state index in [0.717, 1.165) is 0 Å². The number of benzene rings is 1. The van der Waals surface area contributed by atoms with Gasteiger partial charge in [-0.25, -0.2) is 0 Å². The maximum atomic E-state index is 12.4. The van der Waals surface area contributed by atoms with Gasteiger partial charge in [-0.2, -0.15) is 0 Å². The van der Waals surface area contributed by atoms with E-state index >= 15 is 0 Å². The number of hydrogen-bond acceptors (Lipinski definition) is 5. The molecule has 1 fully saturated rings. The summed E-state index contributed by atoms with van der Waals surface area (Å²) >= 11 is 0. The molecule has 0 radical (unpaired) electrons. The molecule has 0 bridgehead atoms. The SMILES string of the molecule is O=C(Nc1ccncc1)C1CN(C(=O)c2ccc3c(c2)OCO3)C1. The molecule has 2 amide bonds. The van der Waals surface area contributed by atoms with Crippen LogP contribution in [-0.2, 0) is 4.79 Å². The standard InChI is InChI=1S/C17H15N3O4/c21-16(19-13-3-5-18-6-4-13)12-8-20(9-12)17(22)11-1-2-14-15(7-11)24-10-23-14/h1-7,12H,8-10H2,(H,18,19,21). The van der Waals surface area contributed by atoms with Crippen LogP contribution >= 0.6 is 0 Å². The first-order chi connectivity index (χ1) is 11.7. The smallest absolute Gasteiger partial charge is 0.254 e. The fourth-order valence-corrected chi connectivity index (χ4v) is 2.70. The fourth-order valence-electron chi connectivity index (χ4n) is 2.70. The number of pyridine rings is 1. The highest BCUT2D eigenvalue weighted by atomic mass is 16.7. The molecule has 7 heteroatoms. The molecule has 0 aliphatic carbocycles. The van der Waals surface area contributed by atoms with Gasteiger partial charge < -0.3 is 19.7 Å². The second kappa shape index (κ2) is 5.84. The number of carbonyl (C=O) groups is 2. The lowest BCUT2D eigenvalue weighted by molar-refractivity contribution is -0.123. The molecule has 1 saturated heterocycles. The number of amides is 2. The third-order valence-corrected chi connectivity index (χ3v) is 4.11. The molecule has 0 spiro atoms. The van der Waals surface area contributed by atoms with Crippen molar-refractivity contribution in [3.8, 4) is 11.5 Å². The molecule has 0 unspecified atom stereocenters. The monoisotopic (exact) mass is 325 g/mol. The lowest BCUT2D eigenvalue weighted by Gasteiger charge is -2.38. The number of rotatable bonds is 3. The average molecular weight is 325 g/mol. The van der Waals surface area contributed by atoms with Gasteiger partial charge in [-0.1, -0.05) is 0 Å². The van der Waals surface area contributed by atoms with Crippen molar-refractivity contribution in [1.82, 2.24) is 9.88 Å². The van der Waals surface area contributed by atoms with Crippen molar-refractivity contribution in [3.63, 3.8) is 0 Å². The average Bonchev–Trinajstić information content (AvgIpc) is 3.01. The van der Waals surface area contributed by atoms with Gasteiger partial charge in [-0.05, 0) is 30.3 Å². The van der Waals surface area contributed by atoms with Crippen molar-refractivity contribution in [1.29, 1.82) is 0 Å². The van der Waals surface area contributed by atoms with E-state index in [1.165, 1.54) is 0 Å². The summed E-state index contributed by atoms with van der Waals surface area (Å²) in [5.74, 6) is 0.825. The van der Waals surface area contributed by atoms with E-state index in [1.807, 2.05) is 0 Å². The first-order valence-electron chi connectivity index (χ1n) is 7.60. The van der Waals surface area contributed by atoms with Crippen molar-refractivity contribution in [3.05, 3.63) is 48.3 Å². The van der Waals surface area contributed by atoms with Gasteiger partial charge in [-0.3, -0.25) is 14.6 Å². The number of likely N-dealkylation sites (tertiary alicyclic amines) is 1. The molecule has 2 aliphatic rings. The van der Waals surface area contributed by atoms with E-state index in [4.69, 9.17) is 9.47 Å². The summed E-state index contributed by atoms with van der Waals surface area (Å²) < 4.78 is 10.5. The maximum Gasteiger partial charge on any atom is 0.254 e. The number of carbonyl (C=O) groups excluding carboxylic acids is 2. The van der Waals surface area contributed by atoms with Crippen LogP contribution in [0.15, 0.2) is 42.7 Å². The Hall–Kier alpha value is -3.09. The summed E-state index contributed by atoms with van der Waals surface area (Å²) in [6.45, 7) is 0.988. The van der Waals surface area contributed by atoms with Crippen molar-refractivity contribution in [2.75, 3.05) is 25.2 Å². The molecular formula is C17H15N3O4. The molecule has 4 rings (SSSR count). The van der Waals surface area contributed by atoms with Crippen molar-refractivity contribution >= 4 is 17.5 Å². The Morgan fingerprint density at radius 1 is 1.08 bits per heavy atom. The van der Waals surface area contributed by atoms with E-state index in [1.54, 1.807) is 47.6 Å². The first-order valence-corrected chi connectivity index (χ1v) is 7.60. The van der Waals surface area contributed by atoms with Crippen LogP contribution in [0.25, 0.3) is 0 Å². The quantitative estimate of drug-likeness (QED) is 0.925. The minimum absolute atomic E-state index is 0.0871. The molecule has 2 aliphatic heterocycles. The minimum atomic E-state index is -0.198. The minimum Gasteiger partial charge on any atom is -0.454 e. The molecule has 122 valence electrons. The lowest BCUT2D eigenvalue weighted by Crippen LogP contribution is -2.54. The maximum absolute atomic E-state index is 12.4. The molecule has 3 heterocycles. The molecule has 1 aromatic carbocycles. The topological polar surface area (TPSA) is 80.8 Å². The number of hydrogen-bond donors (Lipinski definition) is 1. The van der Waals surface area contributed by atoms with Crippen LogP contribution in [0.5, 0.6) is 11.5 Å². The summed E-state index contributed by atoms with van der Waals surface area (Å²) in [7, 11) is 0. The highest BCUT2D eigenvalue weighted by Crippen LogP contribution is 2.33. The van der Waals surface area contributed by atoms with Crippen molar-refractivity contribution < 1.29 is 19.1 Å². The Morgan fingerprint density at radius 3 is 2.62 bits per heavy atom. The molecule has 24 heavy (non-hydrogen) atoms. The van der Waals surface area contributed by atoms with E-state index in [2.05, 4.69) is 10.3 Å². The van der Waals surface area contributed by atoms with Gasteiger partial charge in [0.1, 0.15) is 0 Å². The number of aromatic nitrogens is 1. The van der Waals surface area contributed by atoms with Gasteiger partial charge in [0.2, 0.25) is 12.7 Å². The van der Waals surface area contributed by atoms with E-state index in [-0.39, 0.29) is 24.5 Å². The Kier molecular flexibility index (Phi) is 3.53. The summed E-state index contributed by atoms with van der Waals surface area (Å²) in [4.78, 5) is 30.1. The Balaban J connectivity index is 1.35. The summed E-state index contributed by atoms with van der Waals surface area (Å²) in [5, 5.41) is 2.82. The highest BCUT2D eigenvalue weighted by molar-refractivity contribution is 5.98. The van der Waals surface area contributed by atoms with Crippen molar-refractivity contribution in [2.24, 2.45) is 5.92 Å². The predicted molar refractivity (Wildman–Crippen MR) is 84.8 cm³/mol. The molecular weight excluding hydrogens is 310 g/mol.